The third kappa shape index (κ3) is 2.89. The second-order valence-electron chi connectivity index (χ2n) is 3.28. The number of nitrogens with two attached hydrogens (primary N) is 1. The van der Waals surface area contributed by atoms with Gasteiger partial charge in [0.25, 0.3) is 0 Å². The number of benzene rings is 1. The van der Waals surface area contributed by atoms with E-state index in [2.05, 4.69) is 36.5 Å². The lowest BCUT2D eigenvalue weighted by atomic mass is 10.1. The highest BCUT2D eigenvalue weighted by atomic mass is 14.8. The maximum absolute atomic E-state index is 5.85. The molecular weight excluding hydrogens is 172 g/mol. The monoisotopic (exact) mass is 190 g/mol. The highest BCUT2D eigenvalue weighted by Gasteiger charge is 1.95. The van der Waals surface area contributed by atoms with Crippen molar-refractivity contribution >= 4 is 11.8 Å². The average molecular weight is 190 g/mol. The quantitative estimate of drug-likeness (QED) is 0.713. The summed E-state index contributed by atoms with van der Waals surface area (Å²) in [7, 11) is 1.93. The molecule has 2 heteroatoms. The van der Waals surface area contributed by atoms with Crippen molar-refractivity contribution in [1.82, 2.24) is 5.32 Å². The van der Waals surface area contributed by atoms with Gasteiger partial charge in [-0.15, -0.1) is 0 Å². The van der Waals surface area contributed by atoms with Crippen LogP contribution in [0.25, 0.3) is 6.08 Å². The van der Waals surface area contributed by atoms with Gasteiger partial charge < -0.3 is 11.1 Å². The Hall–Kier alpha value is -1.28. The number of hydrogen-bond acceptors (Lipinski definition) is 2. The fourth-order valence-electron chi connectivity index (χ4n) is 1.29. The summed E-state index contributed by atoms with van der Waals surface area (Å²) < 4.78 is 0. The number of hydrogen-bond donors (Lipinski definition) is 2. The summed E-state index contributed by atoms with van der Waals surface area (Å²) in [6.45, 7) is 3.02. The lowest BCUT2D eigenvalue weighted by Gasteiger charge is -2.03. The Morgan fingerprint density at radius 3 is 2.86 bits per heavy atom. The third-order valence-electron chi connectivity index (χ3n) is 2.18. The Morgan fingerprint density at radius 1 is 1.43 bits per heavy atom. The molecule has 3 N–H and O–H groups in total. The lowest BCUT2D eigenvalue weighted by Crippen LogP contribution is -2.03. The molecule has 0 spiro atoms. The number of rotatable bonds is 4. The molecule has 1 aromatic carbocycles. The van der Waals surface area contributed by atoms with Crippen molar-refractivity contribution in [2.24, 2.45) is 0 Å². The van der Waals surface area contributed by atoms with Gasteiger partial charge in [0.1, 0.15) is 0 Å². The van der Waals surface area contributed by atoms with Crippen molar-refractivity contribution in [3.63, 3.8) is 0 Å². The van der Waals surface area contributed by atoms with Crippen molar-refractivity contribution < 1.29 is 0 Å². The molecule has 0 aromatic heterocycles. The number of aryl methyl sites for hydroxylation is 1. The molecule has 0 amide bonds. The second-order valence-corrected chi connectivity index (χ2v) is 3.28. The van der Waals surface area contributed by atoms with Crippen LogP contribution in [-0.4, -0.2) is 13.6 Å². The van der Waals surface area contributed by atoms with Crippen LogP contribution in [0.5, 0.6) is 0 Å². The molecule has 0 aliphatic rings. The van der Waals surface area contributed by atoms with E-state index in [9.17, 15) is 0 Å². The molecule has 14 heavy (non-hydrogen) atoms. The maximum atomic E-state index is 5.85. The van der Waals surface area contributed by atoms with Gasteiger partial charge in [-0.3, -0.25) is 0 Å². The number of nitrogens with one attached hydrogen (secondary N) is 1. The first-order chi connectivity index (χ1) is 6.77. The first-order valence-electron chi connectivity index (χ1n) is 4.97. The van der Waals surface area contributed by atoms with Crippen LogP contribution in [0.3, 0.4) is 0 Å². The summed E-state index contributed by atoms with van der Waals surface area (Å²) in [6, 6.07) is 6.18. The second kappa shape index (κ2) is 5.45. The van der Waals surface area contributed by atoms with Crippen molar-refractivity contribution in [2.45, 2.75) is 13.3 Å². The standard InChI is InChI=1S/C12H18N2/c1-3-10-6-7-12(13)11(9-10)5-4-8-14-2/h4-7,9,14H,3,8,13H2,1-2H3. The van der Waals surface area contributed by atoms with Crippen LogP contribution < -0.4 is 11.1 Å². The van der Waals surface area contributed by atoms with Gasteiger partial charge in [-0.25, -0.2) is 0 Å². The van der Waals surface area contributed by atoms with Gasteiger partial charge in [0.05, 0.1) is 0 Å². The molecule has 0 unspecified atom stereocenters. The molecular formula is C12H18N2. The predicted molar refractivity (Wildman–Crippen MR) is 63.2 cm³/mol. The summed E-state index contributed by atoms with van der Waals surface area (Å²) in [5.41, 5.74) is 9.13. The Labute approximate surface area is 85.8 Å². The van der Waals surface area contributed by atoms with E-state index < -0.39 is 0 Å². The first kappa shape index (κ1) is 10.8. The summed E-state index contributed by atoms with van der Waals surface area (Å²) in [5, 5.41) is 3.06. The Balaban J connectivity index is 2.83. The van der Waals surface area contributed by atoms with E-state index in [1.54, 1.807) is 0 Å². The molecule has 0 fully saturated rings. The van der Waals surface area contributed by atoms with E-state index in [1.807, 2.05) is 13.1 Å². The number of nitrogen functional groups attached to an aromatic ring is 1. The minimum Gasteiger partial charge on any atom is -0.398 e. The number of likely N-dealkylation sites (N-methyl/N-ethyl adjacent to an activating group) is 1. The van der Waals surface area contributed by atoms with Crippen molar-refractivity contribution in [3.05, 3.63) is 35.4 Å². The minimum atomic E-state index is 0.842. The average Bonchev–Trinajstić information content (AvgIpc) is 2.21. The van der Waals surface area contributed by atoms with Crippen molar-refractivity contribution in [2.75, 3.05) is 19.3 Å². The number of anilines is 1. The summed E-state index contributed by atoms with van der Waals surface area (Å²) in [4.78, 5) is 0. The van der Waals surface area contributed by atoms with Crippen molar-refractivity contribution in [3.8, 4) is 0 Å². The van der Waals surface area contributed by atoms with Crippen LogP contribution in [0, 0.1) is 0 Å². The smallest absolute Gasteiger partial charge is 0.0387 e. The molecule has 0 aliphatic carbocycles. The normalized spacial score (nSPS) is 11.0. The molecule has 2 nitrogen and oxygen atoms in total. The van der Waals surface area contributed by atoms with Gasteiger partial charge in [-0.2, -0.15) is 0 Å². The van der Waals surface area contributed by atoms with E-state index in [-0.39, 0.29) is 0 Å². The van der Waals surface area contributed by atoms with Crippen LogP contribution in [0.1, 0.15) is 18.1 Å². The topological polar surface area (TPSA) is 38.0 Å². The largest absolute Gasteiger partial charge is 0.398 e. The highest BCUT2D eigenvalue weighted by Crippen LogP contribution is 2.15. The molecule has 1 rings (SSSR count). The summed E-state index contributed by atoms with van der Waals surface area (Å²) >= 11 is 0. The van der Waals surface area contributed by atoms with Gasteiger partial charge in [0, 0.05) is 12.2 Å². The molecule has 0 radical (unpaired) electrons. The molecule has 0 saturated heterocycles. The molecule has 0 atom stereocenters. The van der Waals surface area contributed by atoms with Gasteiger partial charge in [-0.1, -0.05) is 25.1 Å². The highest BCUT2D eigenvalue weighted by molar-refractivity contribution is 5.65. The van der Waals surface area contributed by atoms with Gasteiger partial charge in [0.2, 0.25) is 0 Å². The zero-order valence-electron chi connectivity index (χ0n) is 8.88. The van der Waals surface area contributed by atoms with Crippen molar-refractivity contribution in [1.29, 1.82) is 0 Å². The molecule has 0 aliphatic heterocycles. The van der Waals surface area contributed by atoms with E-state index >= 15 is 0 Å². The third-order valence-corrected chi connectivity index (χ3v) is 2.18. The van der Waals surface area contributed by atoms with Gasteiger partial charge >= 0.3 is 0 Å². The van der Waals surface area contributed by atoms with E-state index in [1.165, 1.54) is 5.56 Å². The predicted octanol–water partition coefficient (Wildman–Crippen LogP) is 2.06. The summed E-state index contributed by atoms with van der Waals surface area (Å²) in [5.74, 6) is 0. The Morgan fingerprint density at radius 2 is 2.21 bits per heavy atom. The Bertz CT molecular complexity index is 316. The zero-order valence-corrected chi connectivity index (χ0v) is 8.88. The molecule has 76 valence electrons. The molecule has 0 bridgehead atoms. The minimum absolute atomic E-state index is 0.842. The van der Waals surface area contributed by atoms with Gasteiger partial charge in [-0.05, 0) is 36.7 Å². The molecule has 1 aromatic rings. The SMILES string of the molecule is CCc1ccc(N)c(C=CCNC)c1. The first-order valence-corrected chi connectivity index (χ1v) is 4.97. The van der Waals surface area contributed by atoms with E-state index in [0.29, 0.717) is 0 Å². The van der Waals surface area contributed by atoms with Crippen LogP contribution in [-0.2, 0) is 6.42 Å². The zero-order chi connectivity index (χ0) is 10.4. The van der Waals surface area contributed by atoms with Crippen LogP contribution >= 0.6 is 0 Å². The van der Waals surface area contributed by atoms with E-state index in [4.69, 9.17) is 5.73 Å². The maximum Gasteiger partial charge on any atom is 0.0387 e. The van der Waals surface area contributed by atoms with Gasteiger partial charge in [0.15, 0.2) is 0 Å². The van der Waals surface area contributed by atoms with Crippen LogP contribution in [0.15, 0.2) is 24.3 Å². The van der Waals surface area contributed by atoms with Crippen LogP contribution in [0.4, 0.5) is 5.69 Å². The lowest BCUT2D eigenvalue weighted by molar-refractivity contribution is 0.922. The fourth-order valence-corrected chi connectivity index (χ4v) is 1.29. The fraction of sp³-hybridized carbons (Fsp3) is 0.333. The molecule has 0 saturated carbocycles. The van der Waals surface area contributed by atoms with Crippen LogP contribution in [0.2, 0.25) is 0 Å². The summed E-state index contributed by atoms with van der Waals surface area (Å²) in [6.07, 6.45) is 5.18. The molecule has 0 heterocycles. The van der Waals surface area contributed by atoms with E-state index in [0.717, 1.165) is 24.2 Å². The Kier molecular flexibility index (Phi) is 4.20.